The molecule has 1 amide bonds. The van der Waals surface area contributed by atoms with Gasteiger partial charge in [0.1, 0.15) is 11.5 Å². The minimum absolute atomic E-state index is 0.169. The van der Waals surface area contributed by atoms with E-state index in [1.165, 1.54) is 11.0 Å². The average Bonchev–Trinajstić information content (AvgIpc) is 2.47. The summed E-state index contributed by atoms with van der Waals surface area (Å²) < 4.78 is 13.7. The third-order valence-corrected chi connectivity index (χ3v) is 3.14. The van der Waals surface area contributed by atoms with Gasteiger partial charge in [0.2, 0.25) is 0 Å². The van der Waals surface area contributed by atoms with Crippen molar-refractivity contribution >= 4 is 11.6 Å². The fourth-order valence-corrected chi connectivity index (χ4v) is 2.02. The highest BCUT2D eigenvalue weighted by atomic mass is 19.1. The van der Waals surface area contributed by atoms with Crippen LogP contribution in [0.1, 0.15) is 29.0 Å². The van der Waals surface area contributed by atoms with Crippen molar-refractivity contribution in [3.8, 4) is 0 Å². The Bertz CT molecular complexity index is 643. The topological polar surface area (TPSA) is 45.2 Å². The predicted molar refractivity (Wildman–Crippen MR) is 80.7 cm³/mol. The molecule has 0 aliphatic carbocycles. The molecule has 0 bridgehead atoms. The molecule has 0 saturated heterocycles. The van der Waals surface area contributed by atoms with Crippen LogP contribution in [0.3, 0.4) is 0 Å². The first-order valence-corrected chi connectivity index (χ1v) is 6.67. The molecule has 5 heteroatoms. The molecule has 1 aromatic carbocycles. The van der Waals surface area contributed by atoms with E-state index in [9.17, 15) is 9.18 Å². The maximum atomic E-state index is 13.7. The van der Waals surface area contributed by atoms with E-state index in [1.54, 1.807) is 50.6 Å². The summed E-state index contributed by atoms with van der Waals surface area (Å²) >= 11 is 0. The van der Waals surface area contributed by atoms with Gasteiger partial charge < -0.3 is 10.2 Å². The minimum atomic E-state index is -0.254. The van der Waals surface area contributed by atoms with Gasteiger partial charge in [-0.25, -0.2) is 4.39 Å². The molecule has 2 aromatic rings. The van der Waals surface area contributed by atoms with Crippen LogP contribution in [-0.2, 0) is 0 Å². The molecule has 1 aromatic heterocycles. The number of halogens is 1. The van der Waals surface area contributed by atoms with Gasteiger partial charge in [0, 0.05) is 31.5 Å². The molecule has 0 saturated carbocycles. The number of anilines is 1. The number of hydrogen-bond donors (Lipinski definition) is 1. The average molecular weight is 287 g/mol. The van der Waals surface area contributed by atoms with Crippen LogP contribution in [-0.4, -0.2) is 29.9 Å². The summed E-state index contributed by atoms with van der Waals surface area (Å²) in [4.78, 5) is 17.4. The smallest absolute Gasteiger partial charge is 0.272 e. The molecule has 4 nitrogen and oxygen atoms in total. The van der Waals surface area contributed by atoms with E-state index >= 15 is 0 Å². The fraction of sp³-hybridized carbons (Fsp3) is 0.250. The lowest BCUT2D eigenvalue weighted by atomic mass is 10.1. The molecule has 2 rings (SSSR count). The predicted octanol–water partition coefficient (Wildman–Crippen LogP) is 3.10. The molecular formula is C16H18FN3O. The Labute approximate surface area is 123 Å². The second kappa shape index (κ2) is 6.35. The molecule has 110 valence electrons. The first-order valence-electron chi connectivity index (χ1n) is 6.67. The summed E-state index contributed by atoms with van der Waals surface area (Å²) in [5.41, 5.74) is 1.66. The Balaban J connectivity index is 2.18. The highest BCUT2D eigenvalue weighted by Crippen LogP contribution is 2.21. The fourth-order valence-electron chi connectivity index (χ4n) is 2.02. The van der Waals surface area contributed by atoms with Crippen LogP contribution in [0.15, 0.2) is 42.6 Å². The summed E-state index contributed by atoms with van der Waals surface area (Å²) in [5, 5.41) is 3.18. The largest absolute Gasteiger partial charge is 0.378 e. The van der Waals surface area contributed by atoms with Crippen LogP contribution in [0, 0.1) is 5.82 Å². The van der Waals surface area contributed by atoms with Gasteiger partial charge in [-0.3, -0.25) is 9.78 Å². The Hall–Kier alpha value is -2.43. The Morgan fingerprint density at radius 3 is 2.67 bits per heavy atom. The number of nitrogens with zero attached hydrogens (tertiary/aromatic N) is 2. The summed E-state index contributed by atoms with van der Waals surface area (Å²) in [7, 11) is 3.35. The standard InChI is InChI=1S/C16H18FN3O/c1-11(13-6-4-5-7-14(13)17)19-12-8-9-18-15(10-12)16(21)20(2)3/h4-11H,1-3H3,(H,18,19). The van der Waals surface area contributed by atoms with Crippen LogP contribution < -0.4 is 5.32 Å². The molecule has 0 spiro atoms. The van der Waals surface area contributed by atoms with Crippen molar-refractivity contribution in [3.63, 3.8) is 0 Å². The third kappa shape index (κ3) is 3.56. The molecule has 1 heterocycles. The highest BCUT2D eigenvalue weighted by molar-refractivity contribution is 5.92. The highest BCUT2D eigenvalue weighted by Gasteiger charge is 2.13. The Morgan fingerprint density at radius 1 is 1.29 bits per heavy atom. The summed E-state index contributed by atoms with van der Waals surface area (Å²) in [5.74, 6) is -0.423. The molecule has 0 radical (unpaired) electrons. The van der Waals surface area contributed by atoms with Gasteiger partial charge in [0.25, 0.3) is 5.91 Å². The SMILES string of the molecule is CC(Nc1ccnc(C(=O)N(C)C)c1)c1ccccc1F. The van der Waals surface area contributed by atoms with Crippen LogP contribution in [0.2, 0.25) is 0 Å². The summed E-state index contributed by atoms with van der Waals surface area (Å²) in [6, 6.07) is 9.83. The van der Waals surface area contributed by atoms with E-state index < -0.39 is 0 Å². The zero-order valence-corrected chi connectivity index (χ0v) is 12.3. The van der Waals surface area contributed by atoms with Gasteiger partial charge in [-0.05, 0) is 25.1 Å². The van der Waals surface area contributed by atoms with Crippen molar-refractivity contribution in [3.05, 3.63) is 59.7 Å². The monoisotopic (exact) mass is 287 g/mol. The number of amides is 1. The van der Waals surface area contributed by atoms with E-state index in [-0.39, 0.29) is 17.8 Å². The Morgan fingerprint density at radius 2 is 2.00 bits per heavy atom. The van der Waals surface area contributed by atoms with Crippen molar-refractivity contribution in [1.82, 2.24) is 9.88 Å². The first kappa shape index (κ1) is 15.0. The number of nitrogens with one attached hydrogen (secondary N) is 1. The Kier molecular flexibility index (Phi) is 4.52. The van der Waals surface area contributed by atoms with E-state index in [0.29, 0.717) is 11.3 Å². The second-order valence-corrected chi connectivity index (χ2v) is 5.02. The van der Waals surface area contributed by atoms with Gasteiger partial charge in [-0.1, -0.05) is 18.2 Å². The molecular weight excluding hydrogens is 269 g/mol. The van der Waals surface area contributed by atoms with E-state index in [4.69, 9.17) is 0 Å². The second-order valence-electron chi connectivity index (χ2n) is 5.02. The van der Waals surface area contributed by atoms with Crippen molar-refractivity contribution in [2.45, 2.75) is 13.0 Å². The minimum Gasteiger partial charge on any atom is -0.378 e. The van der Waals surface area contributed by atoms with Crippen LogP contribution >= 0.6 is 0 Å². The van der Waals surface area contributed by atoms with Gasteiger partial charge in [0.15, 0.2) is 0 Å². The first-order chi connectivity index (χ1) is 9.99. The molecule has 21 heavy (non-hydrogen) atoms. The van der Waals surface area contributed by atoms with E-state index in [0.717, 1.165) is 5.69 Å². The molecule has 0 fully saturated rings. The molecule has 0 aliphatic rings. The van der Waals surface area contributed by atoms with Crippen molar-refractivity contribution in [2.75, 3.05) is 19.4 Å². The zero-order valence-electron chi connectivity index (χ0n) is 12.3. The van der Waals surface area contributed by atoms with Crippen molar-refractivity contribution in [2.24, 2.45) is 0 Å². The lowest BCUT2D eigenvalue weighted by molar-refractivity contribution is 0.0822. The molecule has 1 unspecified atom stereocenters. The number of aromatic nitrogens is 1. The lowest BCUT2D eigenvalue weighted by Crippen LogP contribution is -2.22. The van der Waals surface area contributed by atoms with E-state index in [1.807, 2.05) is 6.92 Å². The number of hydrogen-bond acceptors (Lipinski definition) is 3. The van der Waals surface area contributed by atoms with Gasteiger partial charge in [0.05, 0.1) is 6.04 Å². The van der Waals surface area contributed by atoms with Crippen LogP contribution in [0.5, 0.6) is 0 Å². The van der Waals surface area contributed by atoms with Crippen LogP contribution in [0.25, 0.3) is 0 Å². The summed E-state index contributed by atoms with van der Waals surface area (Å²) in [6.07, 6.45) is 1.56. The number of carbonyl (C=O) groups is 1. The maximum Gasteiger partial charge on any atom is 0.272 e. The normalized spacial score (nSPS) is 11.8. The molecule has 1 N–H and O–H groups in total. The number of pyridine rings is 1. The zero-order chi connectivity index (χ0) is 15.4. The lowest BCUT2D eigenvalue weighted by Gasteiger charge is -2.17. The maximum absolute atomic E-state index is 13.7. The number of rotatable bonds is 4. The molecule has 0 aliphatic heterocycles. The molecule has 1 atom stereocenters. The van der Waals surface area contributed by atoms with Gasteiger partial charge >= 0.3 is 0 Å². The number of carbonyl (C=O) groups excluding carboxylic acids is 1. The quantitative estimate of drug-likeness (QED) is 0.940. The summed E-state index contributed by atoms with van der Waals surface area (Å²) in [6.45, 7) is 1.87. The number of benzene rings is 1. The third-order valence-electron chi connectivity index (χ3n) is 3.14. The van der Waals surface area contributed by atoms with Crippen LogP contribution in [0.4, 0.5) is 10.1 Å². The van der Waals surface area contributed by atoms with E-state index in [2.05, 4.69) is 10.3 Å². The van der Waals surface area contributed by atoms with Gasteiger partial charge in [-0.2, -0.15) is 0 Å². The van der Waals surface area contributed by atoms with Gasteiger partial charge in [-0.15, -0.1) is 0 Å². The van der Waals surface area contributed by atoms with Crippen molar-refractivity contribution < 1.29 is 9.18 Å². The van der Waals surface area contributed by atoms with Crippen molar-refractivity contribution in [1.29, 1.82) is 0 Å².